The van der Waals surface area contributed by atoms with Crippen molar-refractivity contribution in [1.82, 2.24) is 15.5 Å². The standard InChI is InChI=1S/C30H38N4O2/c31-23-30(17-20-34(21-18-30)19-16-24-10-4-1-5-11-24)33-29(36)27(22-25-12-6-2-7-13-25)32-28(35)26-14-8-3-9-15-26/h1,3-5,8-11,14-15,25,27H,2,6-7,12-13,16-22H2,(H,32,35)(H,33,36). The fraction of sp³-hybridized carbons (Fsp3) is 0.500. The fourth-order valence-corrected chi connectivity index (χ4v) is 5.50. The van der Waals surface area contributed by atoms with Gasteiger partial charge in [0.1, 0.15) is 11.6 Å². The lowest BCUT2D eigenvalue weighted by Gasteiger charge is -2.38. The van der Waals surface area contributed by atoms with Crippen molar-refractivity contribution in [2.75, 3.05) is 19.6 Å². The Morgan fingerprint density at radius 1 is 0.972 bits per heavy atom. The van der Waals surface area contributed by atoms with Gasteiger partial charge in [0.25, 0.3) is 5.91 Å². The van der Waals surface area contributed by atoms with Crippen molar-refractivity contribution < 1.29 is 9.59 Å². The van der Waals surface area contributed by atoms with E-state index < -0.39 is 11.6 Å². The van der Waals surface area contributed by atoms with Crippen molar-refractivity contribution in [2.24, 2.45) is 5.92 Å². The molecule has 4 rings (SSSR count). The van der Waals surface area contributed by atoms with Crippen molar-refractivity contribution in [3.05, 3.63) is 71.8 Å². The van der Waals surface area contributed by atoms with Gasteiger partial charge in [-0.15, -0.1) is 0 Å². The Morgan fingerprint density at radius 2 is 1.61 bits per heavy atom. The number of benzene rings is 2. The molecule has 2 aliphatic rings. The molecular formula is C30H38N4O2. The third-order valence-electron chi connectivity index (χ3n) is 7.80. The van der Waals surface area contributed by atoms with E-state index >= 15 is 0 Å². The maximum atomic E-state index is 13.5. The molecule has 1 heterocycles. The maximum Gasteiger partial charge on any atom is 0.251 e. The molecule has 6 heteroatoms. The second-order valence-electron chi connectivity index (χ2n) is 10.4. The number of hydrogen-bond acceptors (Lipinski definition) is 4. The van der Waals surface area contributed by atoms with Gasteiger partial charge in [-0.25, -0.2) is 0 Å². The molecule has 1 atom stereocenters. The van der Waals surface area contributed by atoms with E-state index in [4.69, 9.17) is 0 Å². The number of rotatable bonds is 9. The Labute approximate surface area is 215 Å². The molecule has 1 aliphatic carbocycles. The van der Waals surface area contributed by atoms with E-state index in [1.165, 1.54) is 24.8 Å². The third-order valence-corrected chi connectivity index (χ3v) is 7.80. The number of carbonyl (C=O) groups is 2. The summed E-state index contributed by atoms with van der Waals surface area (Å²) in [7, 11) is 0. The first-order valence-electron chi connectivity index (χ1n) is 13.4. The minimum absolute atomic E-state index is 0.232. The van der Waals surface area contributed by atoms with Crippen LogP contribution in [0.25, 0.3) is 0 Å². The lowest BCUT2D eigenvalue weighted by molar-refractivity contribution is -0.125. The smallest absolute Gasteiger partial charge is 0.251 e. The Kier molecular flexibility index (Phi) is 9.13. The lowest BCUT2D eigenvalue weighted by atomic mass is 9.83. The van der Waals surface area contributed by atoms with Gasteiger partial charge in [-0.05, 0) is 49.3 Å². The van der Waals surface area contributed by atoms with Crippen molar-refractivity contribution in [3.8, 4) is 6.07 Å². The summed E-state index contributed by atoms with van der Waals surface area (Å²) in [5.74, 6) is -0.0547. The number of likely N-dealkylation sites (tertiary alicyclic amines) is 1. The Morgan fingerprint density at radius 3 is 2.25 bits per heavy atom. The summed E-state index contributed by atoms with van der Waals surface area (Å²) in [6.07, 6.45) is 8.53. The molecule has 1 saturated heterocycles. The summed E-state index contributed by atoms with van der Waals surface area (Å²) in [5, 5.41) is 16.1. The fourth-order valence-electron chi connectivity index (χ4n) is 5.50. The molecule has 36 heavy (non-hydrogen) atoms. The van der Waals surface area contributed by atoms with Crippen LogP contribution < -0.4 is 10.6 Å². The second-order valence-corrected chi connectivity index (χ2v) is 10.4. The zero-order valence-electron chi connectivity index (χ0n) is 21.1. The summed E-state index contributed by atoms with van der Waals surface area (Å²) >= 11 is 0. The highest BCUT2D eigenvalue weighted by molar-refractivity contribution is 5.97. The average Bonchev–Trinajstić information content (AvgIpc) is 2.94. The van der Waals surface area contributed by atoms with E-state index in [9.17, 15) is 14.9 Å². The molecule has 0 radical (unpaired) electrons. The molecule has 0 aromatic heterocycles. The van der Waals surface area contributed by atoms with Gasteiger partial charge in [0.2, 0.25) is 5.91 Å². The zero-order valence-corrected chi connectivity index (χ0v) is 21.1. The predicted molar refractivity (Wildman–Crippen MR) is 141 cm³/mol. The number of nitrogens with zero attached hydrogens (tertiary/aromatic N) is 2. The molecule has 0 bridgehead atoms. The van der Waals surface area contributed by atoms with Crippen LogP contribution in [-0.4, -0.2) is 47.9 Å². The minimum Gasteiger partial charge on any atom is -0.340 e. The quantitative estimate of drug-likeness (QED) is 0.548. The maximum absolute atomic E-state index is 13.5. The van der Waals surface area contributed by atoms with Crippen LogP contribution in [-0.2, 0) is 11.2 Å². The molecule has 2 N–H and O–H groups in total. The van der Waals surface area contributed by atoms with E-state index in [1.54, 1.807) is 12.1 Å². The molecule has 1 aliphatic heterocycles. The Hall–Kier alpha value is -3.17. The number of hydrogen-bond donors (Lipinski definition) is 2. The van der Waals surface area contributed by atoms with E-state index in [-0.39, 0.29) is 11.8 Å². The molecule has 1 saturated carbocycles. The summed E-state index contributed by atoms with van der Waals surface area (Å²) < 4.78 is 0. The normalized spacial score (nSPS) is 19.1. The first-order chi connectivity index (χ1) is 17.6. The van der Waals surface area contributed by atoms with Gasteiger partial charge in [-0.2, -0.15) is 5.26 Å². The van der Waals surface area contributed by atoms with Crippen LogP contribution in [0.2, 0.25) is 0 Å². The largest absolute Gasteiger partial charge is 0.340 e. The van der Waals surface area contributed by atoms with Gasteiger partial charge >= 0.3 is 0 Å². The van der Waals surface area contributed by atoms with Gasteiger partial charge in [-0.1, -0.05) is 80.6 Å². The zero-order chi connectivity index (χ0) is 25.2. The van der Waals surface area contributed by atoms with Gasteiger partial charge < -0.3 is 15.5 Å². The van der Waals surface area contributed by atoms with E-state index in [2.05, 4.69) is 45.9 Å². The Balaban J connectivity index is 1.37. The molecule has 2 aromatic rings. The highest BCUT2D eigenvalue weighted by atomic mass is 16.2. The van der Waals surface area contributed by atoms with E-state index in [0.717, 1.165) is 38.9 Å². The van der Waals surface area contributed by atoms with Gasteiger partial charge in [0, 0.05) is 25.2 Å². The first kappa shape index (κ1) is 25.9. The molecular weight excluding hydrogens is 448 g/mol. The highest BCUT2D eigenvalue weighted by Gasteiger charge is 2.38. The monoisotopic (exact) mass is 486 g/mol. The van der Waals surface area contributed by atoms with Crippen LogP contribution in [0.15, 0.2) is 60.7 Å². The summed E-state index contributed by atoms with van der Waals surface area (Å²) in [6.45, 7) is 2.48. The lowest BCUT2D eigenvalue weighted by Crippen LogP contribution is -2.59. The number of piperidine rings is 1. The number of nitrogens with one attached hydrogen (secondary N) is 2. The number of amides is 2. The highest BCUT2D eigenvalue weighted by Crippen LogP contribution is 2.28. The number of nitriles is 1. The van der Waals surface area contributed by atoms with Gasteiger partial charge in [0.15, 0.2) is 0 Å². The Bertz CT molecular complexity index is 1020. The molecule has 2 amide bonds. The first-order valence-corrected chi connectivity index (χ1v) is 13.4. The molecule has 1 unspecified atom stereocenters. The molecule has 2 aromatic carbocycles. The summed E-state index contributed by atoms with van der Waals surface area (Å²) in [5.41, 5.74) is 0.964. The topological polar surface area (TPSA) is 85.2 Å². The number of carbonyl (C=O) groups excluding carboxylic acids is 2. The van der Waals surface area contributed by atoms with E-state index in [1.807, 2.05) is 24.3 Å². The summed E-state index contributed by atoms with van der Waals surface area (Å²) in [6, 6.07) is 21.2. The SMILES string of the molecule is N#CC1(NC(=O)C(CC2CCCCC2)NC(=O)c2ccccc2)CCN(CCc2ccccc2)CC1. The van der Waals surface area contributed by atoms with Gasteiger partial charge in [0.05, 0.1) is 6.07 Å². The van der Waals surface area contributed by atoms with E-state index in [0.29, 0.717) is 30.7 Å². The van der Waals surface area contributed by atoms with Crippen molar-refractivity contribution in [3.63, 3.8) is 0 Å². The van der Waals surface area contributed by atoms with Gasteiger partial charge in [-0.3, -0.25) is 9.59 Å². The molecule has 0 spiro atoms. The van der Waals surface area contributed by atoms with Crippen LogP contribution >= 0.6 is 0 Å². The van der Waals surface area contributed by atoms with Crippen LogP contribution in [0, 0.1) is 17.2 Å². The van der Waals surface area contributed by atoms with Crippen LogP contribution in [0.5, 0.6) is 0 Å². The van der Waals surface area contributed by atoms with Crippen molar-refractivity contribution in [2.45, 2.75) is 69.4 Å². The average molecular weight is 487 g/mol. The molecule has 6 nitrogen and oxygen atoms in total. The minimum atomic E-state index is -0.886. The molecule has 190 valence electrons. The van der Waals surface area contributed by atoms with Crippen molar-refractivity contribution >= 4 is 11.8 Å². The van der Waals surface area contributed by atoms with Crippen LogP contribution in [0.1, 0.15) is 67.3 Å². The summed E-state index contributed by atoms with van der Waals surface area (Å²) in [4.78, 5) is 28.8. The third kappa shape index (κ3) is 7.18. The van der Waals surface area contributed by atoms with Crippen LogP contribution in [0.4, 0.5) is 0 Å². The van der Waals surface area contributed by atoms with Crippen molar-refractivity contribution in [1.29, 1.82) is 5.26 Å². The predicted octanol–water partition coefficient (Wildman–Crippen LogP) is 4.47. The van der Waals surface area contributed by atoms with Crippen LogP contribution in [0.3, 0.4) is 0 Å². The molecule has 2 fully saturated rings. The second kappa shape index (κ2) is 12.7.